The highest BCUT2D eigenvalue weighted by molar-refractivity contribution is 6.42. The Balaban J connectivity index is 1.76. The second-order valence-electron chi connectivity index (χ2n) is 4.45. The fourth-order valence-electron chi connectivity index (χ4n) is 2.08. The van der Waals surface area contributed by atoms with Gasteiger partial charge in [-0.3, -0.25) is 0 Å². The zero-order valence-electron chi connectivity index (χ0n) is 10.2. The Hall–Kier alpha value is -1.51. The summed E-state index contributed by atoms with van der Waals surface area (Å²) >= 11 is 11.9. The van der Waals surface area contributed by atoms with E-state index in [-0.39, 0.29) is 0 Å². The van der Waals surface area contributed by atoms with Crippen LogP contribution in [0.25, 0.3) is 11.0 Å². The summed E-state index contributed by atoms with van der Waals surface area (Å²) in [5.41, 5.74) is 3.24. The van der Waals surface area contributed by atoms with E-state index in [0.29, 0.717) is 10.0 Å². The van der Waals surface area contributed by atoms with Crippen LogP contribution in [-0.2, 0) is 12.8 Å². The van der Waals surface area contributed by atoms with Crippen LogP contribution in [0.4, 0.5) is 0 Å². The van der Waals surface area contributed by atoms with E-state index in [2.05, 4.69) is 9.97 Å². The molecule has 2 nitrogen and oxygen atoms in total. The third-order valence-electron chi connectivity index (χ3n) is 3.07. The molecule has 19 heavy (non-hydrogen) atoms. The van der Waals surface area contributed by atoms with Gasteiger partial charge in [-0.2, -0.15) is 0 Å². The van der Waals surface area contributed by atoms with Crippen LogP contribution in [0.15, 0.2) is 42.5 Å². The molecule has 0 unspecified atom stereocenters. The lowest BCUT2D eigenvalue weighted by Crippen LogP contribution is -1.93. The summed E-state index contributed by atoms with van der Waals surface area (Å²) < 4.78 is 0. The van der Waals surface area contributed by atoms with Crippen molar-refractivity contribution in [3.63, 3.8) is 0 Å². The van der Waals surface area contributed by atoms with Crippen molar-refractivity contribution in [1.29, 1.82) is 0 Å². The lowest BCUT2D eigenvalue weighted by Gasteiger charge is -2.01. The number of hydrogen-bond acceptors (Lipinski definition) is 1. The topological polar surface area (TPSA) is 28.7 Å². The molecule has 0 aliphatic carbocycles. The van der Waals surface area contributed by atoms with Gasteiger partial charge in [-0.1, -0.05) is 41.4 Å². The molecule has 0 bridgehead atoms. The van der Waals surface area contributed by atoms with Crippen LogP contribution in [0.2, 0.25) is 10.0 Å². The molecule has 0 spiro atoms. The van der Waals surface area contributed by atoms with Gasteiger partial charge in [-0.05, 0) is 36.2 Å². The minimum Gasteiger partial charge on any atom is -0.342 e. The van der Waals surface area contributed by atoms with E-state index < -0.39 is 0 Å². The minimum absolute atomic E-state index is 0.592. The molecule has 3 aromatic rings. The minimum atomic E-state index is 0.592. The highest BCUT2D eigenvalue weighted by atomic mass is 35.5. The maximum atomic E-state index is 6.00. The maximum absolute atomic E-state index is 6.00. The number of nitrogens with one attached hydrogen (secondary N) is 1. The molecule has 0 aliphatic heterocycles. The predicted octanol–water partition coefficient (Wildman–Crippen LogP) is 4.65. The van der Waals surface area contributed by atoms with Crippen LogP contribution in [0.3, 0.4) is 0 Å². The summed E-state index contributed by atoms with van der Waals surface area (Å²) in [5.74, 6) is 0.993. The predicted molar refractivity (Wildman–Crippen MR) is 80.0 cm³/mol. The van der Waals surface area contributed by atoms with Crippen molar-refractivity contribution < 1.29 is 0 Å². The fourth-order valence-corrected chi connectivity index (χ4v) is 2.40. The number of para-hydroxylation sites is 2. The maximum Gasteiger partial charge on any atom is 0.107 e. The van der Waals surface area contributed by atoms with Gasteiger partial charge in [-0.25, -0.2) is 4.98 Å². The number of benzene rings is 2. The van der Waals surface area contributed by atoms with E-state index in [1.807, 2.05) is 42.5 Å². The first kappa shape index (κ1) is 12.5. The highest BCUT2D eigenvalue weighted by Gasteiger charge is 2.04. The number of aromatic amines is 1. The molecule has 1 heterocycles. The first-order valence-electron chi connectivity index (χ1n) is 6.10. The van der Waals surface area contributed by atoms with E-state index in [1.165, 1.54) is 0 Å². The molecule has 0 amide bonds. The normalized spacial score (nSPS) is 11.1. The van der Waals surface area contributed by atoms with Gasteiger partial charge in [-0.15, -0.1) is 0 Å². The molecule has 0 saturated heterocycles. The summed E-state index contributed by atoms with van der Waals surface area (Å²) in [7, 11) is 0. The third kappa shape index (κ3) is 2.75. The van der Waals surface area contributed by atoms with E-state index in [4.69, 9.17) is 23.2 Å². The summed E-state index contributed by atoms with van der Waals surface area (Å²) in [5, 5.41) is 1.19. The zero-order valence-corrected chi connectivity index (χ0v) is 11.7. The number of hydrogen-bond donors (Lipinski definition) is 1. The largest absolute Gasteiger partial charge is 0.342 e. The van der Waals surface area contributed by atoms with E-state index in [0.717, 1.165) is 35.3 Å². The van der Waals surface area contributed by atoms with Gasteiger partial charge in [0.05, 0.1) is 21.1 Å². The van der Waals surface area contributed by atoms with E-state index in [9.17, 15) is 0 Å². The molecule has 0 fully saturated rings. The molecular weight excluding hydrogens is 279 g/mol. The molecule has 1 N–H and O–H groups in total. The van der Waals surface area contributed by atoms with Crippen molar-refractivity contribution in [3.8, 4) is 0 Å². The Morgan fingerprint density at radius 2 is 1.79 bits per heavy atom. The van der Waals surface area contributed by atoms with Gasteiger partial charge in [0.2, 0.25) is 0 Å². The van der Waals surface area contributed by atoms with E-state index >= 15 is 0 Å². The summed E-state index contributed by atoms with van der Waals surface area (Å²) in [6.45, 7) is 0. The lowest BCUT2D eigenvalue weighted by molar-refractivity contribution is 0.890. The van der Waals surface area contributed by atoms with Crippen molar-refractivity contribution >= 4 is 34.2 Å². The van der Waals surface area contributed by atoms with Crippen molar-refractivity contribution in [2.24, 2.45) is 0 Å². The second kappa shape index (κ2) is 5.24. The molecule has 3 rings (SSSR count). The van der Waals surface area contributed by atoms with E-state index in [1.54, 1.807) is 0 Å². The molecule has 2 aromatic carbocycles. The number of imidazole rings is 1. The molecular formula is C15H12Cl2N2. The highest BCUT2D eigenvalue weighted by Crippen LogP contribution is 2.23. The number of nitrogens with zero attached hydrogens (tertiary/aromatic N) is 1. The Bertz CT molecular complexity index is 686. The number of fused-ring (bicyclic) bond motifs is 1. The quantitative estimate of drug-likeness (QED) is 0.747. The SMILES string of the molecule is Clc1ccc(CCc2nc3ccccc3[nH]2)cc1Cl. The lowest BCUT2D eigenvalue weighted by atomic mass is 10.1. The van der Waals surface area contributed by atoms with Gasteiger partial charge in [0.15, 0.2) is 0 Å². The van der Waals surface area contributed by atoms with Gasteiger partial charge >= 0.3 is 0 Å². The average Bonchev–Trinajstić information content (AvgIpc) is 2.83. The number of aromatic nitrogens is 2. The van der Waals surface area contributed by atoms with Crippen LogP contribution in [0.5, 0.6) is 0 Å². The van der Waals surface area contributed by atoms with Gasteiger partial charge in [0.25, 0.3) is 0 Å². The Kier molecular flexibility index (Phi) is 3.45. The monoisotopic (exact) mass is 290 g/mol. The Labute approximate surface area is 121 Å². The van der Waals surface area contributed by atoms with Crippen molar-refractivity contribution in [2.75, 3.05) is 0 Å². The van der Waals surface area contributed by atoms with Crippen LogP contribution in [-0.4, -0.2) is 9.97 Å². The van der Waals surface area contributed by atoms with Crippen molar-refractivity contribution in [2.45, 2.75) is 12.8 Å². The van der Waals surface area contributed by atoms with Gasteiger partial charge < -0.3 is 4.98 Å². The first-order valence-corrected chi connectivity index (χ1v) is 6.85. The summed E-state index contributed by atoms with van der Waals surface area (Å²) in [6.07, 6.45) is 1.74. The van der Waals surface area contributed by atoms with Crippen molar-refractivity contribution in [1.82, 2.24) is 9.97 Å². The van der Waals surface area contributed by atoms with Gasteiger partial charge in [0, 0.05) is 6.42 Å². The van der Waals surface area contributed by atoms with Crippen LogP contribution >= 0.6 is 23.2 Å². The van der Waals surface area contributed by atoms with Crippen LogP contribution in [0, 0.1) is 0 Å². The number of halogens is 2. The van der Waals surface area contributed by atoms with Crippen LogP contribution < -0.4 is 0 Å². The standard InChI is InChI=1S/C15H12Cl2N2/c16-11-7-5-10(9-12(11)17)6-8-15-18-13-3-1-2-4-14(13)19-15/h1-5,7,9H,6,8H2,(H,18,19). The van der Waals surface area contributed by atoms with Crippen LogP contribution in [0.1, 0.15) is 11.4 Å². The molecule has 96 valence electrons. The smallest absolute Gasteiger partial charge is 0.107 e. The Morgan fingerprint density at radius 1 is 0.947 bits per heavy atom. The van der Waals surface area contributed by atoms with Gasteiger partial charge in [0.1, 0.15) is 5.82 Å². The molecule has 0 radical (unpaired) electrons. The summed E-state index contributed by atoms with van der Waals surface area (Å²) in [6, 6.07) is 13.8. The molecule has 0 aliphatic rings. The number of rotatable bonds is 3. The zero-order chi connectivity index (χ0) is 13.2. The first-order chi connectivity index (χ1) is 9.22. The third-order valence-corrected chi connectivity index (χ3v) is 3.81. The average molecular weight is 291 g/mol. The van der Waals surface area contributed by atoms with Crippen molar-refractivity contribution in [3.05, 3.63) is 63.9 Å². The summed E-state index contributed by atoms with van der Waals surface area (Å²) in [4.78, 5) is 7.87. The number of H-pyrrole nitrogens is 1. The molecule has 4 heteroatoms. The molecule has 1 aromatic heterocycles. The fraction of sp³-hybridized carbons (Fsp3) is 0.133. The molecule has 0 saturated carbocycles. The molecule has 0 atom stereocenters. The number of aryl methyl sites for hydroxylation is 2. The second-order valence-corrected chi connectivity index (χ2v) is 5.26. The Morgan fingerprint density at radius 3 is 2.58 bits per heavy atom.